The molecule has 1 saturated carbocycles. The Kier molecular flexibility index (Phi) is 2.71. The van der Waals surface area contributed by atoms with E-state index in [0.717, 1.165) is 11.4 Å². The second-order valence-electron chi connectivity index (χ2n) is 5.25. The van der Waals surface area contributed by atoms with Crippen molar-refractivity contribution < 1.29 is 5.11 Å². The van der Waals surface area contributed by atoms with Crippen molar-refractivity contribution in [3.63, 3.8) is 0 Å². The monoisotopic (exact) mass is 242 g/mol. The fourth-order valence-corrected chi connectivity index (χ4v) is 2.47. The Labute approximate surface area is 107 Å². The molecule has 0 amide bonds. The summed E-state index contributed by atoms with van der Waals surface area (Å²) in [6.07, 6.45) is 2.47. The van der Waals surface area contributed by atoms with E-state index in [9.17, 15) is 5.11 Å². The molecule has 0 spiro atoms. The third kappa shape index (κ3) is 2.06. The number of rotatable bonds is 3. The van der Waals surface area contributed by atoms with Crippen molar-refractivity contribution in [2.45, 2.75) is 39.2 Å². The van der Waals surface area contributed by atoms with Crippen LogP contribution >= 0.6 is 0 Å². The lowest BCUT2D eigenvalue weighted by atomic mass is 10.1. The number of hydrogen-bond donors (Lipinski definition) is 1. The van der Waals surface area contributed by atoms with Gasteiger partial charge in [-0.1, -0.05) is 6.07 Å². The summed E-state index contributed by atoms with van der Waals surface area (Å²) in [5, 5.41) is 13.8. The SMILES string of the molecule is Cc1cc(C)cc(-n2nc(CO)cc2C2CC2)c1. The van der Waals surface area contributed by atoms with Crippen LogP contribution in [-0.4, -0.2) is 14.9 Å². The fraction of sp³-hybridized carbons (Fsp3) is 0.400. The Morgan fingerprint density at radius 2 is 1.83 bits per heavy atom. The van der Waals surface area contributed by atoms with Crippen LogP contribution in [-0.2, 0) is 6.61 Å². The molecule has 0 bridgehead atoms. The van der Waals surface area contributed by atoms with Crippen molar-refractivity contribution in [3.8, 4) is 5.69 Å². The largest absolute Gasteiger partial charge is 0.390 e. The number of benzene rings is 1. The zero-order valence-electron chi connectivity index (χ0n) is 10.8. The lowest BCUT2D eigenvalue weighted by molar-refractivity contribution is 0.276. The molecule has 0 atom stereocenters. The minimum Gasteiger partial charge on any atom is -0.390 e. The highest BCUT2D eigenvalue weighted by molar-refractivity contribution is 5.41. The van der Waals surface area contributed by atoms with E-state index >= 15 is 0 Å². The van der Waals surface area contributed by atoms with Crippen molar-refractivity contribution in [1.82, 2.24) is 9.78 Å². The van der Waals surface area contributed by atoms with Crippen LogP contribution < -0.4 is 0 Å². The lowest BCUT2D eigenvalue weighted by Crippen LogP contribution is -2.02. The van der Waals surface area contributed by atoms with Crippen LogP contribution in [0.1, 0.15) is 41.3 Å². The normalized spacial score (nSPS) is 15.1. The molecule has 1 aliphatic carbocycles. The third-order valence-corrected chi connectivity index (χ3v) is 3.40. The molecule has 1 fully saturated rings. The number of aliphatic hydroxyl groups is 1. The molecule has 1 aromatic carbocycles. The first-order valence-electron chi connectivity index (χ1n) is 6.46. The maximum Gasteiger partial charge on any atom is 0.0886 e. The minimum absolute atomic E-state index is 0.0114. The molecule has 1 N–H and O–H groups in total. The van der Waals surface area contributed by atoms with E-state index < -0.39 is 0 Å². The highest BCUT2D eigenvalue weighted by Crippen LogP contribution is 2.41. The average Bonchev–Trinajstić information content (AvgIpc) is 3.07. The standard InChI is InChI=1S/C15H18N2O/c1-10-5-11(2)7-14(6-10)17-15(12-3-4-12)8-13(9-18)16-17/h5-8,12,18H,3-4,9H2,1-2H3. The summed E-state index contributed by atoms with van der Waals surface area (Å²) >= 11 is 0. The van der Waals surface area contributed by atoms with Crippen molar-refractivity contribution in [1.29, 1.82) is 0 Å². The molecule has 0 unspecified atom stereocenters. The summed E-state index contributed by atoms with van der Waals surface area (Å²) in [4.78, 5) is 0. The number of aromatic nitrogens is 2. The van der Waals surface area contributed by atoms with Crippen LogP contribution in [0.15, 0.2) is 24.3 Å². The van der Waals surface area contributed by atoms with E-state index in [1.807, 2.05) is 10.7 Å². The molecule has 1 aliphatic rings. The Hall–Kier alpha value is -1.61. The number of hydrogen-bond acceptors (Lipinski definition) is 2. The zero-order valence-corrected chi connectivity index (χ0v) is 10.8. The van der Waals surface area contributed by atoms with Gasteiger partial charge in [0.25, 0.3) is 0 Å². The Morgan fingerprint density at radius 1 is 1.17 bits per heavy atom. The summed E-state index contributed by atoms with van der Waals surface area (Å²) in [6, 6.07) is 8.49. The molecule has 3 heteroatoms. The van der Waals surface area contributed by atoms with E-state index in [1.165, 1.54) is 29.7 Å². The molecule has 18 heavy (non-hydrogen) atoms. The van der Waals surface area contributed by atoms with E-state index in [0.29, 0.717) is 5.92 Å². The predicted molar refractivity (Wildman–Crippen MR) is 70.9 cm³/mol. The first-order chi connectivity index (χ1) is 8.67. The molecule has 94 valence electrons. The second-order valence-corrected chi connectivity index (χ2v) is 5.25. The van der Waals surface area contributed by atoms with Gasteiger partial charge in [-0.3, -0.25) is 0 Å². The van der Waals surface area contributed by atoms with E-state index in [-0.39, 0.29) is 6.61 Å². The summed E-state index contributed by atoms with van der Waals surface area (Å²) in [5.41, 5.74) is 5.59. The first-order valence-corrected chi connectivity index (χ1v) is 6.46. The molecular weight excluding hydrogens is 224 g/mol. The Morgan fingerprint density at radius 3 is 2.39 bits per heavy atom. The Balaban J connectivity index is 2.11. The van der Waals surface area contributed by atoms with Gasteiger partial charge in [0.1, 0.15) is 0 Å². The predicted octanol–water partition coefficient (Wildman–Crippen LogP) is 2.86. The topological polar surface area (TPSA) is 38.0 Å². The molecule has 0 aliphatic heterocycles. The molecule has 0 saturated heterocycles. The first kappa shape index (κ1) is 11.5. The molecular formula is C15H18N2O. The lowest BCUT2D eigenvalue weighted by Gasteiger charge is -2.08. The zero-order chi connectivity index (χ0) is 12.7. The van der Waals surface area contributed by atoms with Crippen LogP contribution in [0.25, 0.3) is 5.69 Å². The molecule has 2 aromatic rings. The molecule has 3 nitrogen and oxygen atoms in total. The van der Waals surface area contributed by atoms with Crippen molar-refractivity contribution in [2.75, 3.05) is 0 Å². The number of aryl methyl sites for hydroxylation is 2. The van der Waals surface area contributed by atoms with Crippen LogP contribution in [0.5, 0.6) is 0 Å². The van der Waals surface area contributed by atoms with Crippen molar-refractivity contribution in [3.05, 3.63) is 46.8 Å². The molecule has 3 rings (SSSR count). The van der Waals surface area contributed by atoms with Gasteiger partial charge < -0.3 is 5.11 Å². The van der Waals surface area contributed by atoms with Crippen LogP contribution in [0.4, 0.5) is 0 Å². The second kappa shape index (κ2) is 4.25. The van der Waals surface area contributed by atoms with Crippen molar-refractivity contribution in [2.24, 2.45) is 0 Å². The smallest absolute Gasteiger partial charge is 0.0886 e. The van der Waals surface area contributed by atoms with E-state index in [2.05, 4.69) is 37.1 Å². The van der Waals surface area contributed by atoms with Crippen LogP contribution in [0, 0.1) is 13.8 Å². The average molecular weight is 242 g/mol. The maximum atomic E-state index is 9.26. The Bertz CT molecular complexity index is 562. The van der Waals surface area contributed by atoms with Gasteiger partial charge in [-0.15, -0.1) is 0 Å². The van der Waals surface area contributed by atoms with Gasteiger partial charge in [0.2, 0.25) is 0 Å². The third-order valence-electron chi connectivity index (χ3n) is 3.40. The molecule has 1 aromatic heterocycles. The van der Waals surface area contributed by atoms with Crippen molar-refractivity contribution >= 4 is 0 Å². The number of aliphatic hydroxyl groups excluding tert-OH is 1. The number of nitrogens with zero attached hydrogens (tertiary/aromatic N) is 2. The quantitative estimate of drug-likeness (QED) is 0.898. The summed E-state index contributed by atoms with van der Waals surface area (Å²) in [6.45, 7) is 4.21. The van der Waals surface area contributed by atoms with Gasteiger partial charge in [0, 0.05) is 11.6 Å². The van der Waals surface area contributed by atoms with Gasteiger partial charge in [-0.25, -0.2) is 4.68 Å². The van der Waals surface area contributed by atoms with Crippen LogP contribution in [0.2, 0.25) is 0 Å². The maximum absolute atomic E-state index is 9.26. The van der Waals surface area contributed by atoms with E-state index in [1.54, 1.807) is 0 Å². The summed E-state index contributed by atoms with van der Waals surface area (Å²) in [7, 11) is 0. The van der Waals surface area contributed by atoms with Gasteiger partial charge in [-0.2, -0.15) is 5.10 Å². The minimum atomic E-state index is 0.0114. The summed E-state index contributed by atoms with van der Waals surface area (Å²) < 4.78 is 2.00. The van der Waals surface area contributed by atoms with Crippen LogP contribution in [0.3, 0.4) is 0 Å². The van der Waals surface area contributed by atoms with E-state index in [4.69, 9.17) is 0 Å². The van der Waals surface area contributed by atoms with Gasteiger partial charge in [0.05, 0.1) is 18.0 Å². The highest BCUT2D eigenvalue weighted by atomic mass is 16.3. The van der Waals surface area contributed by atoms with Gasteiger partial charge in [-0.05, 0) is 56.0 Å². The van der Waals surface area contributed by atoms with Gasteiger partial charge in [0.15, 0.2) is 0 Å². The molecule has 0 radical (unpaired) electrons. The summed E-state index contributed by atoms with van der Waals surface area (Å²) in [5.74, 6) is 0.624. The fourth-order valence-electron chi connectivity index (χ4n) is 2.47. The highest BCUT2D eigenvalue weighted by Gasteiger charge is 2.28. The molecule has 1 heterocycles. The van der Waals surface area contributed by atoms with Gasteiger partial charge >= 0.3 is 0 Å².